The van der Waals surface area contributed by atoms with E-state index in [2.05, 4.69) is 37.7 Å². The van der Waals surface area contributed by atoms with Crippen molar-refractivity contribution in [3.05, 3.63) is 11.9 Å². The van der Waals surface area contributed by atoms with Crippen LogP contribution in [0, 0.1) is 12.8 Å². The van der Waals surface area contributed by atoms with Gasteiger partial charge in [-0.05, 0) is 26.2 Å². The van der Waals surface area contributed by atoms with Crippen molar-refractivity contribution in [3.63, 3.8) is 0 Å². The Balaban J connectivity index is 2.20. The summed E-state index contributed by atoms with van der Waals surface area (Å²) in [6.07, 6.45) is 2.78. The third-order valence-electron chi connectivity index (χ3n) is 3.46. The molecule has 5 heteroatoms. The fourth-order valence-electron chi connectivity index (χ4n) is 2.24. The number of hydrogen-bond acceptors (Lipinski definition) is 4. The maximum absolute atomic E-state index is 5.53. The summed E-state index contributed by atoms with van der Waals surface area (Å²) < 4.78 is 5.53. The molecule has 0 aliphatic carbocycles. The van der Waals surface area contributed by atoms with Gasteiger partial charge in [0, 0.05) is 17.9 Å². The fraction of sp³-hybridized carbons (Fsp3) is 0.692. The Hall–Kier alpha value is -0.840. The molecule has 0 bridgehead atoms. The van der Waals surface area contributed by atoms with Crippen LogP contribution >= 0.6 is 15.9 Å². The standard InChI is InChI=1S/C13H20BrN3O/c1-4-18-13-10(3)12(15-8-16-13)17-6-5-9(2)11(14)7-17/h8-9,11H,4-7H2,1-3H3. The molecule has 1 aromatic rings. The van der Waals surface area contributed by atoms with Crippen LogP contribution in [0.5, 0.6) is 5.88 Å². The summed E-state index contributed by atoms with van der Waals surface area (Å²) in [6.45, 7) is 8.96. The lowest BCUT2D eigenvalue weighted by Crippen LogP contribution is -2.41. The molecule has 0 radical (unpaired) electrons. The van der Waals surface area contributed by atoms with E-state index in [1.165, 1.54) is 6.42 Å². The second kappa shape index (κ2) is 5.87. The van der Waals surface area contributed by atoms with Crippen LogP contribution in [0.3, 0.4) is 0 Å². The van der Waals surface area contributed by atoms with E-state index >= 15 is 0 Å². The van der Waals surface area contributed by atoms with Crippen LogP contribution in [0.2, 0.25) is 0 Å². The second-order valence-corrected chi connectivity index (χ2v) is 5.96. The number of anilines is 1. The molecule has 0 N–H and O–H groups in total. The van der Waals surface area contributed by atoms with Gasteiger partial charge < -0.3 is 9.64 Å². The van der Waals surface area contributed by atoms with Gasteiger partial charge in [0.05, 0.1) is 12.2 Å². The van der Waals surface area contributed by atoms with Gasteiger partial charge in [-0.25, -0.2) is 9.97 Å². The molecule has 18 heavy (non-hydrogen) atoms. The van der Waals surface area contributed by atoms with Gasteiger partial charge in [0.1, 0.15) is 12.1 Å². The van der Waals surface area contributed by atoms with Gasteiger partial charge in [-0.2, -0.15) is 0 Å². The SMILES string of the molecule is CCOc1ncnc(N2CCC(C)C(Br)C2)c1C. The Morgan fingerprint density at radius 2 is 2.28 bits per heavy atom. The first-order valence-corrected chi connectivity index (χ1v) is 7.38. The smallest absolute Gasteiger partial charge is 0.221 e. The van der Waals surface area contributed by atoms with Crippen LogP contribution < -0.4 is 9.64 Å². The van der Waals surface area contributed by atoms with Crippen LogP contribution in [-0.2, 0) is 0 Å². The second-order valence-electron chi connectivity index (χ2n) is 4.79. The molecule has 2 heterocycles. The molecule has 1 aliphatic rings. The highest BCUT2D eigenvalue weighted by molar-refractivity contribution is 9.09. The predicted molar refractivity (Wildman–Crippen MR) is 76.6 cm³/mol. The molecule has 0 spiro atoms. The van der Waals surface area contributed by atoms with Gasteiger partial charge in [-0.1, -0.05) is 22.9 Å². The van der Waals surface area contributed by atoms with Crippen molar-refractivity contribution in [2.24, 2.45) is 5.92 Å². The van der Waals surface area contributed by atoms with E-state index in [-0.39, 0.29) is 0 Å². The molecule has 2 atom stereocenters. The van der Waals surface area contributed by atoms with Crippen molar-refractivity contribution < 1.29 is 4.74 Å². The largest absolute Gasteiger partial charge is 0.478 e. The summed E-state index contributed by atoms with van der Waals surface area (Å²) >= 11 is 3.75. The molecule has 0 saturated carbocycles. The van der Waals surface area contributed by atoms with Gasteiger partial charge in [-0.15, -0.1) is 0 Å². The topological polar surface area (TPSA) is 38.3 Å². The summed E-state index contributed by atoms with van der Waals surface area (Å²) in [5.74, 6) is 2.42. The first kappa shape index (κ1) is 13.6. The first-order valence-electron chi connectivity index (χ1n) is 6.46. The van der Waals surface area contributed by atoms with E-state index in [1.54, 1.807) is 6.33 Å². The van der Waals surface area contributed by atoms with Gasteiger partial charge in [0.25, 0.3) is 0 Å². The van der Waals surface area contributed by atoms with E-state index in [1.807, 2.05) is 13.8 Å². The van der Waals surface area contributed by atoms with Gasteiger partial charge in [-0.3, -0.25) is 0 Å². The van der Waals surface area contributed by atoms with Gasteiger partial charge in [0.2, 0.25) is 5.88 Å². The van der Waals surface area contributed by atoms with Crippen LogP contribution in [-0.4, -0.2) is 34.5 Å². The van der Waals surface area contributed by atoms with Crippen LogP contribution in [0.1, 0.15) is 25.8 Å². The Labute approximate surface area is 117 Å². The normalized spacial score (nSPS) is 24.1. The van der Waals surface area contributed by atoms with E-state index in [9.17, 15) is 0 Å². The quantitative estimate of drug-likeness (QED) is 0.804. The van der Waals surface area contributed by atoms with Crippen molar-refractivity contribution in [1.82, 2.24) is 9.97 Å². The van der Waals surface area contributed by atoms with Crippen LogP contribution in [0.15, 0.2) is 6.33 Å². The number of nitrogens with zero attached hydrogens (tertiary/aromatic N) is 3. The highest BCUT2D eigenvalue weighted by Crippen LogP contribution is 2.30. The van der Waals surface area contributed by atoms with Crippen molar-refractivity contribution >= 4 is 21.7 Å². The van der Waals surface area contributed by atoms with Crippen molar-refractivity contribution in [3.8, 4) is 5.88 Å². The van der Waals surface area contributed by atoms with Crippen molar-refractivity contribution in [2.75, 3.05) is 24.6 Å². The zero-order chi connectivity index (χ0) is 13.1. The lowest BCUT2D eigenvalue weighted by atomic mass is 9.99. The zero-order valence-corrected chi connectivity index (χ0v) is 12.8. The molecule has 2 rings (SSSR count). The summed E-state index contributed by atoms with van der Waals surface area (Å²) in [7, 11) is 0. The molecular weight excluding hydrogens is 294 g/mol. The fourth-order valence-corrected chi connectivity index (χ4v) is 2.85. The van der Waals surface area contributed by atoms with Crippen molar-refractivity contribution in [2.45, 2.75) is 32.0 Å². The Morgan fingerprint density at radius 1 is 1.50 bits per heavy atom. The number of alkyl halides is 1. The molecule has 1 fully saturated rings. The molecule has 0 amide bonds. The first-order chi connectivity index (χ1) is 8.63. The number of aromatic nitrogens is 2. The van der Waals surface area contributed by atoms with E-state index in [0.29, 0.717) is 17.3 Å². The summed E-state index contributed by atoms with van der Waals surface area (Å²) in [5.41, 5.74) is 1.04. The number of hydrogen-bond donors (Lipinski definition) is 0. The average molecular weight is 314 g/mol. The third kappa shape index (κ3) is 2.76. The summed E-state index contributed by atoms with van der Waals surface area (Å²) in [5, 5.41) is 0. The predicted octanol–water partition coefficient (Wildman–Crippen LogP) is 2.79. The Bertz CT molecular complexity index is 413. The number of rotatable bonds is 3. The maximum Gasteiger partial charge on any atom is 0.221 e. The molecule has 1 aromatic heterocycles. The number of piperidine rings is 1. The lowest BCUT2D eigenvalue weighted by Gasteiger charge is -2.35. The molecule has 0 aromatic carbocycles. The van der Waals surface area contributed by atoms with Crippen LogP contribution in [0.4, 0.5) is 5.82 Å². The highest BCUT2D eigenvalue weighted by Gasteiger charge is 2.26. The Morgan fingerprint density at radius 3 is 2.94 bits per heavy atom. The van der Waals surface area contributed by atoms with Crippen molar-refractivity contribution in [1.29, 1.82) is 0 Å². The zero-order valence-electron chi connectivity index (χ0n) is 11.2. The number of halogens is 1. The lowest BCUT2D eigenvalue weighted by molar-refractivity contribution is 0.323. The molecule has 100 valence electrons. The van der Waals surface area contributed by atoms with Gasteiger partial charge in [0.15, 0.2) is 0 Å². The summed E-state index contributed by atoms with van der Waals surface area (Å²) in [6, 6.07) is 0. The molecular formula is C13H20BrN3O. The highest BCUT2D eigenvalue weighted by atomic mass is 79.9. The van der Waals surface area contributed by atoms with E-state index in [0.717, 1.165) is 30.4 Å². The van der Waals surface area contributed by atoms with Crippen LogP contribution in [0.25, 0.3) is 0 Å². The maximum atomic E-state index is 5.53. The Kier molecular flexibility index (Phi) is 4.43. The average Bonchev–Trinajstić information content (AvgIpc) is 2.36. The van der Waals surface area contributed by atoms with E-state index < -0.39 is 0 Å². The van der Waals surface area contributed by atoms with E-state index in [4.69, 9.17) is 4.74 Å². The minimum atomic E-state index is 0.524. The minimum Gasteiger partial charge on any atom is -0.478 e. The monoisotopic (exact) mass is 313 g/mol. The molecule has 1 aliphatic heterocycles. The van der Waals surface area contributed by atoms with Gasteiger partial charge >= 0.3 is 0 Å². The molecule has 4 nitrogen and oxygen atoms in total. The molecule has 1 saturated heterocycles. The molecule has 2 unspecified atom stereocenters. The third-order valence-corrected chi connectivity index (χ3v) is 4.65. The number of ether oxygens (including phenoxy) is 1. The summed E-state index contributed by atoms with van der Waals surface area (Å²) in [4.78, 5) is 11.4. The minimum absolute atomic E-state index is 0.524.